The number of hydrogen-bond acceptors (Lipinski definition) is 1. The van der Waals surface area contributed by atoms with Crippen molar-refractivity contribution in [1.29, 1.82) is 0 Å². The van der Waals surface area contributed by atoms with Gasteiger partial charge in [-0.25, -0.2) is 0 Å². The van der Waals surface area contributed by atoms with E-state index in [4.69, 9.17) is 4.74 Å². The van der Waals surface area contributed by atoms with E-state index >= 15 is 0 Å². The molecular weight excluding hydrogens is 352 g/mol. The third kappa shape index (κ3) is 3.65. The van der Waals surface area contributed by atoms with Crippen LogP contribution in [0.2, 0.25) is 0 Å². The number of ether oxygens (including phenoxy) is 1. The summed E-state index contributed by atoms with van der Waals surface area (Å²) in [4.78, 5) is 0. The van der Waals surface area contributed by atoms with Crippen LogP contribution in [-0.2, 0) is 6.61 Å². The molecule has 1 nitrogen and oxygen atoms in total. The van der Waals surface area contributed by atoms with Gasteiger partial charge in [0, 0.05) is 11.5 Å². The van der Waals surface area contributed by atoms with Crippen LogP contribution in [0.5, 0.6) is 5.75 Å². The molecule has 4 unspecified atom stereocenters. The average Bonchev–Trinajstić information content (AvgIpc) is 2.68. The first kappa shape index (κ1) is 20.3. The summed E-state index contributed by atoms with van der Waals surface area (Å²) in [5.74, 6) is 3.72. The Bertz CT molecular complexity index is 917. The van der Waals surface area contributed by atoms with Gasteiger partial charge in [-0.3, -0.25) is 0 Å². The smallest absolute Gasteiger partial charge is 0.126 e. The minimum Gasteiger partial charge on any atom is -0.488 e. The number of rotatable bonds is 4. The Morgan fingerprint density at radius 3 is 2.38 bits per heavy atom. The molecule has 4 rings (SSSR count). The first-order valence-electron chi connectivity index (χ1n) is 11.4. The van der Waals surface area contributed by atoms with Crippen LogP contribution in [0.4, 0.5) is 0 Å². The van der Waals surface area contributed by atoms with Crippen molar-refractivity contribution in [2.45, 2.75) is 85.2 Å². The first-order valence-corrected chi connectivity index (χ1v) is 11.4. The van der Waals surface area contributed by atoms with E-state index < -0.39 is 0 Å². The van der Waals surface area contributed by atoms with Crippen LogP contribution >= 0.6 is 0 Å². The lowest BCUT2D eigenvalue weighted by molar-refractivity contribution is 0.284. The Balaban J connectivity index is 1.87. The van der Waals surface area contributed by atoms with Crippen LogP contribution < -0.4 is 4.74 Å². The molecule has 0 bridgehead atoms. The summed E-state index contributed by atoms with van der Waals surface area (Å²) in [7, 11) is 0. The second-order valence-corrected chi connectivity index (χ2v) is 9.74. The van der Waals surface area contributed by atoms with Gasteiger partial charge in [-0.05, 0) is 92.5 Å². The van der Waals surface area contributed by atoms with E-state index in [-0.39, 0.29) is 0 Å². The Morgan fingerprint density at radius 2 is 1.69 bits per heavy atom. The van der Waals surface area contributed by atoms with Crippen LogP contribution in [-0.4, -0.2) is 0 Å². The predicted molar refractivity (Wildman–Crippen MR) is 123 cm³/mol. The molecule has 0 spiro atoms. The highest BCUT2D eigenvalue weighted by Gasteiger charge is 2.40. The van der Waals surface area contributed by atoms with Gasteiger partial charge in [0.15, 0.2) is 0 Å². The van der Waals surface area contributed by atoms with Crippen LogP contribution in [0.1, 0.15) is 98.1 Å². The van der Waals surface area contributed by atoms with Crippen molar-refractivity contribution in [3.63, 3.8) is 0 Å². The standard InChI is InChI=1S/C28H36O/c1-17(2)14-23-15-19(4)24-13-12-18(3)25-27(24)26(23)20(5)21(6)28(25)29-16-22-10-8-7-9-11-22/h7-11,14,18-19,23-24H,12-13,15-16H2,1-6H3. The van der Waals surface area contributed by atoms with Gasteiger partial charge in [0.05, 0.1) is 0 Å². The quantitative estimate of drug-likeness (QED) is 0.483. The van der Waals surface area contributed by atoms with Crippen LogP contribution in [0.3, 0.4) is 0 Å². The van der Waals surface area contributed by atoms with Crippen molar-refractivity contribution in [3.8, 4) is 5.75 Å². The average molecular weight is 389 g/mol. The van der Waals surface area contributed by atoms with Gasteiger partial charge >= 0.3 is 0 Å². The van der Waals surface area contributed by atoms with E-state index in [1.807, 2.05) is 0 Å². The lowest BCUT2D eigenvalue weighted by Crippen LogP contribution is -2.29. The molecule has 0 heterocycles. The molecule has 29 heavy (non-hydrogen) atoms. The third-order valence-corrected chi connectivity index (χ3v) is 7.35. The highest BCUT2D eigenvalue weighted by Crippen LogP contribution is 2.56. The first-order chi connectivity index (χ1) is 13.9. The summed E-state index contributed by atoms with van der Waals surface area (Å²) in [6.07, 6.45) is 6.39. The van der Waals surface area contributed by atoms with Gasteiger partial charge < -0.3 is 4.74 Å². The summed E-state index contributed by atoms with van der Waals surface area (Å²) in [5.41, 5.74) is 10.3. The number of allylic oxidation sites excluding steroid dienone is 2. The van der Waals surface area contributed by atoms with Gasteiger partial charge in [-0.15, -0.1) is 0 Å². The molecule has 154 valence electrons. The van der Waals surface area contributed by atoms with Gasteiger partial charge in [0.1, 0.15) is 12.4 Å². The van der Waals surface area contributed by atoms with Crippen LogP contribution in [0.15, 0.2) is 42.0 Å². The maximum atomic E-state index is 6.58. The summed E-state index contributed by atoms with van der Waals surface area (Å²) in [6.45, 7) is 14.6. The zero-order valence-corrected chi connectivity index (χ0v) is 19.0. The van der Waals surface area contributed by atoms with E-state index in [1.165, 1.54) is 52.8 Å². The molecule has 0 fully saturated rings. The normalized spacial score (nSPS) is 25.3. The van der Waals surface area contributed by atoms with E-state index in [0.717, 1.165) is 5.92 Å². The molecule has 0 amide bonds. The lowest BCUT2D eigenvalue weighted by atomic mass is 9.61. The van der Waals surface area contributed by atoms with Gasteiger partial charge in [0.2, 0.25) is 0 Å². The van der Waals surface area contributed by atoms with Crippen molar-refractivity contribution in [2.75, 3.05) is 0 Å². The molecule has 0 aliphatic heterocycles. The van der Waals surface area contributed by atoms with E-state index in [2.05, 4.69) is 78.0 Å². The number of benzene rings is 2. The molecule has 4 atom stereocenters. The Kier molecular flexibility index (Phi) is 5.60. The second kappa shape index (κ2) is 8.01. The third-order valence-electron chi connectivity index (χ3n) is 7.35. The monoisotopic (exact) mass is 388 g/mol. The minimum absolute atomic E-state index is 0.548. The maximum absolute atomic E-state index is 6.58. The highest BCUT2D eigenvalue weighted by atomic mass is 16.5. The van der Waals surface area contributed by atoms with Crippen LogP contribution in [0.25, 0.3) is 0 Å². The van der Waals surface area contributed by atoms with E-state index in [0.29, 0.717) is 24.4 Å². The zero-order chi connectivity index (χ0) is 20.7. The second-order valence-electron chi connectivity index (χ2n) is 9.74. The SMILES string of the molecule is CC(C)=CC1CC(C)C2CCC(C)c3c(OCc4ccccc4)c(C)c(C)c1c32. The van der Waals surface area contributed by atoms with Gasteiger partial charge in [-0.2, -0.15) is 0 Å². The van der Waals surface area contributed by atoms with E-state index in [1.54, 1.807) is 11.1 Å². The molecule has 0 radical (unpaired) electrons. The van der Waals surface area contributed by atoms with Crippen molar-refractivity contribution >= 4 is 0 Å². The van der Waals surface area contributed by atoms with Gasteiger partial charge in [0.25, 0.3) is 0 Å². The fourth-order valence-electron chi connectivity index (χ4n) is 5.85. The predicted octanol–water partition coefficient (Wildman–Crippen LogP) is 7.95. The summed E-state index contributed by atoms with van der Waals surface area (Å²) in [6, 6.07) is 10.6. The van der Waals surface area contributed by atoms with Gasteiger partial charge in [-0.1, -0.05) is 55.8 Å². The zero-order valence-electron chi connectivity index (χ0n) is 19.0. The molecule has 2 aromatic rings. The fourth-order valence-corrected chi connectivity index (χ4v) is 5.85. The minimum atomic E-state index is 0.548. The molecular formula is C28H36O. The lowest BCUT2D eigenvalue weighted by Gasteiger charge is -2.44. The molecule has 1 heteroatoms. The van der Waals surface area contributed by atoms with E-state index in [9.17, 15) is 0 Å². The number of hydrogen-bond donors (Lipinski definition) is 0. The van der Waals surface area contributed by atoms with Crippen molar-refractivity contribution in [1.82, 2.24) is 0 Å². The molecule has 2 aliphatic carbocycles. The topological polar surface area (TPSA) is 9.23 Å². The Hall–Kier alpha value is -2.02. The van der Waals surface area contributed by atoms with Crippen molar-refractivity contribution < 1.29 is 4.74 Å². The summed E-state index contributed by atoms with van der Waals surface area (Å²) >= 11 is 0. The summed E-state index contributed by atoms with van der Waals surface area (Å²) < 4.78 is 6.58. The largest absolute Gasteiger partial charge is 0.488 e. The van der Waals surface area contributed by atoms with Crippen LogP contribution in [0, 0.1) is 19.8 Å². The summed E-state index contributed by atoms with van der Waals surface area (Å²) in [5, 5.41) is 0. The molecule has 0 N–H and O–H groups in total. The molecule has 0 aromatic heterocycles. The Morgan fingerprint density at radius 1 is 0.966 bits per heavy atom. The van der Waals surface area contributed by atoms with Crippen molar-refractivity contribution in [3.05, 3.63) is 75.4 Å². The molecule has 2 aliphatic rings. The molecule has 0 saturated carbocycles. The maximum Gasteiger partial charge on any atom is 0.126 e. The Labute approximate surface area is 177 Å². The molecule has 0 saturated heterocycles. The fraction of sp³-hybridized carbons (Fsp3) is 0.500. The molecule has 2 aromatic carbocycles. The van der Waals surface area contributed by atoms with Crippen molar-refractivity contribution in [2.24, 2.45) is 5.92 Å². The highest BCUT2D eigenvalue weighted by molar-refractivity contribution is 5.61.